The van der Waals surface area contributed by atoms with Gasteiger partial charge in [0.1, 0.15) is 16.6 Å². The van der Waals surface area contributed by atoms with Gasteiger partial charge in [0.2, 0.25) is 5.88 Å². The fourth-order valence-corrected chi connectivity index (χ4v) is 1.72. The van der Waals surface area contributed by atoms with Crippen LogP contribution in [0.5, 0.6) is 11.6 Å². The van der Waals surface area contributed by atoms with Crippen LogP contribution in [0.1, 0.15) is 0 Å². The molecule has 1 aromatic heterocycles. The predicted octanol–water partition coefficient (Wildman–Crippen LogP) is 3.52. The van der Waals surface area contributed by atoms with Crippen LogP contribution in [0.3, 0.4) is 0 Å². The van der Waals surface area contributed by atoms with Crippen LogP contribution in [0.25, 0.3) is 0 Å². The van der Waals surface area contributed by atoms with Gasteiger partial charge in [0.15, 0.2) is 11.6 Å². The number of hydrogen-bond acceptors (Lipinski definition) is 4. The Balaban J connectivity index is 2.35. The molecule has 17 heavy (non-hydrogen) atoms. The number of aromatic nitrogens is 2. The zero-order valence-corrected chi connectivity index (χ0v) is 11.5. The number of hydrogen-bond donors (Lipinski definition) is 1. The molecule has 0 amide bonds. The van der Waals surface area contributed by atoms with Gasteiger partial charge in [-0.05, 0) is 34.1 Å². The van der Waals surface area contributed by atoms with Crippen molar-refractivity contribution < 1.29 is 9.13 Å². The molecule has 1 heterocycles. The van der Waals surface area contributed by atoms with E-state index in [1.165, 1.54) is 18.5 Å². The van der Waals surface area contributed by atoms with Gasteiger partial charge >= 0.3 is 0 Å². The molecule has 0 fully saturated rings. The van der Waals surface area contributed by atoms with E-state index >= 15 is 0 Å². The second-order valence-corrected chi connectivity index (χ2v) is 4.76. The molecular weight excluding hydrogens is 357 g/mol. The average Bonchev–Trinajstić information content (AvgIpc) is 2.28. The smallest absolute Gasteiger partial charge is 0.239 e. The number of nitrogens with zero attached hydrogens (tertiary/aromatic N) is 2. The van der Waals surface area contributed by atoms with Gasteiger partial charge in [-0.3, -0.25) is 0 Å². The van der Waals surface area contributed by atoms with E-state index in [1.807, 2.05) is 0 Å². The molecule has 88 valence electrons. The summed E-state index contributed by atoms with van der Waals surface area (Å²) >= 11 is 6.33. The fourth-order valence-electron chi connectivity index (χ4n) is 1.10. The van der Waals surface area contributed by atoms with E-state index in [2.05, 4.69) is 41.8 Å². The maximum absolute atomic E-state index is 13.5. The molecule has 0 spiro atoms. The summed E-state index contributed by atoms with van der Waals surface area (Å²) in [6, 6.07) is 4.45. The van der Waals surface area contributed by atoms with Crippen molar-refractivity contribution >= 4 is 37.7 Å². The Morgan fingerprint density at radius 3 is 2.71 bits per heavy atom. The number of halogens is 3. The summed E-state index contributed by atoms with van der Waals surface area (Å²) in [5.74, 6) is -0.0401. The van der Waals surface area contributed by atoms with Crippen molar-refractivity contribution in [3.63, 3.8) is 0 Å². The van der Waals surface area contributed by atoms with Crippen molar-refractivity contribution in [1.29, 1.82) is 0 Å². The summed E-state index contributed by atoms with van der Waals surface area (Å²) in [6.45, 7) is 0. The molecule has 0 saturated carbocycles. The lowest BCUT2D eigenvalue weighted by Crippen LogP contribution is -1.97. The molecule has 0 aliphatic rings. The molecule has 0 atom stereocenters. The second kappa shape index (κ2) is 4.97. The van der Waals surface area contributed by atoms with Crippen LogP contribution in [-0.4, -0.2) is 9.97 Å². The Labute approximate surface area is 113 Å². The van der Waals surface area contributed by atoms with E-state index in [1.54, 1.807) is 6.07 Å². The van der Waals surface area contributed by atoms with Gasteiger partial charge in [0.05, 0.1) is 0 Å². The molecule has 0 unspecified atom stereocenters. The van der Waals surface area contributed by atoms with E-state index in [4.69, 9.17) is 10.5 Å². The molecule has 0 aliphatic heterocycles. The van der Waals surface area contributed by atoms with Gasteiger partial charge in [0.25, 0.3) is 0 Å². The van der Waals surface area contributed by atoms with Gasteiger partial charge in [-0.2, -0.15) is 0 Å². The van der Waals surface area contributed by atoms with E-state index in [-0.39, 0.29) is 17.4 Å². The summed E-state index contributed by atoms with van der Waals surface area (Å²) in [5.41, 5.74) is 5.56. The quantitative estimate of drug-likeness (QED) is 0.887. The van der Waals surface area contributed by atoms with Crippen molar-refractivity contribution in [2.45, 2.75) is 0 Å². The first kappa shape index (κ1) is 12.3. The number of ether oxygens (including phenoxy) is 1. The van der Waals surface area contributed by atoms with Crippen LogP contribution in [0.15, 0.2) is 33.5 Å². The minimum absolute atomic E-state index is 0.0620. The number of benzene rings is 1. The summed E-state index contributed by atoms with van der Waals surface area (Å²) in [6.07, 6.45) is 1.24. The molecule has 4 nitrogen and oxygen atoms in total. The van der Waals surface area contributed by atoms with E-state index in [0.717, 1.165) is 0 Å². The Morgan fingerprint density at radius 1 is 1.24 bits per heavy atom. The van der Waals surface area contributed by atoms with Crippen LogP contribution in [-0.2, 0) is 0 Å². The first-order valence-electron chi connectivity index (χ1n) is 4.47. The van der Waals surface area contributed by atoms with Crippen LogP contribution >= 0.6 is 31.9 Å². The van der Waals surface area contributed by atoms with Crippen molar-refractivity contribution in [3.8, 4) is 11.6 Å². The van der Waals surface area contributed by atoms with Crippen LogP contribution in [0.4, 0.5) is 10.2 Å². The van der Waals surface area contributed by atoms with Gasteiger partial charge in [-0.25, -0.2) is 14.4 Å². The van der Waals surface area contributed by atoms with Gasteiger partial charge in [-0.15, -0.1) is 0 Å². The van der Waals surface area contributed by atoms with Crippen molar-refractivity contribution in [3.05, 3.63) is 39.3 Å². The largest absolute Gasteiger partial charge is 0.435 e. The van der Waals surface area contributed by atoms with Crippen molar-refractivity contribution in [2.75, 3.05) is 5.73 Å². The van der Waals surface area contributed by atoms with E-state index in [0.29, 0.717) is 8.95 Å². The first-order valence-corrected chi connectivity index (χ1v) is 6.05. The summed E-state index contributed by atoms with van der Waals surface area (Å²) < 4.78 is 19.8. The van der Waals surface area contributed by atoms with Crippen LogP contribution in [0, 0.1) is 5.82 Å². The first-order chi connectivity index (χ1) is 8.08. The monoisotopic (exact) mass is 361 g/mol. The molecule has 0 radical (unpaired) electrons. The molecule has 0 aliphatic carbocycles. The third kappa shape index (κ3) is 2.73. The minimum Gasteiger partial charge on any atom is -0.435 e. The van der Waals surface area contributed by atoms with E-state index < -0.39 is 5.82 Å². The number of nitrogen functional groups attached to an aromatic ring is 1. The Hall–Kier alpha value is -1.21. The lowest BCUT2D eigenvalue weighted by molar-refractivity contribution is 0.424. The van der Waals surface area contributed by atoms with Crippen LogP contribution in [0.2, 0.25) is 0 Å². The average molecular weight is 363 g/mol. The van der Waals surface area contributed by atoms with Crippen molar-refractivity contribution in [1.82, 2.24) is 9.97 Å². The molecule has 1 aromatic carbocycles. The molecular formula is C10H6Br2FN3O. The third-order valence-electron chi connectivity index (χ3n) is 1.89. The van der Waals surface area contributed by atoms with Gasteiger partial charge in [-0.1, -0.05) is 15.9 Å². The molecule has 7 heteroatoms. The summed E-state index contributed by atoms with van der Waals surface area (Å²) in [7, 11) is 0. The van der Waals surface area contributed by atoms with Gasteiger partial charge < -0.3 is 10.5 Å². The fraction of sp³-hybridized carbons (Fsp3) is 0. The van der Waals surface area contributed by atoms with Crippen molar-refractivity contribution in [2.24, 2.45) is 0 Å². The summed E-state index contributed by atoms with van der Waals surface area (Å²) in [4.78, 5) is 7.62. The maximum Gasteiger partial charge on any atom is 0.239 e. The molecule has 2 aromatic rings. The molecule has 2 N–H and O–H groups in total. The number of nitrogens with two attached hydrogens (primary N) is 1. The van der Waals surface area contributed by atoms with E-state index in [9.17, 15) is 4.39 Å². The molecule has 0 saturated heterocycles. The standard InChI is InChI=1S/C10H6Br2FN3O/c11-5-1-2-7(6(13)3-5)17-10-8(12)9(14)15-4-16-10/h1-4H,(H2,14,15,16). The normalized spacial score (nSPS) is 10.3. The lowest BCUT2D eigenvalue weighted by Gasteiger charge is -2.08. The highest BCUT2D eigenvalue weighted by atomic mass is 79.9. The number of rotatable bonds is 2. The maximum atomic E-state index is 13.5. The lowest BCUT2D eigenvalue weighted by atomic mass is 10.3. The zero-order valence-electron chi connectivity index (χ0n) is 8.32. The molecule has 0 bridgehead atoms. The zero-order chi connectivity index (χ0) is 12.4. The topological polar surface area (TPSA) is 61.0 Å². The number of anilines is 1. The third-order valence-corrected chi connectivity index (χ3v) is 3.12. The van der Waals surface area contributed by atoms with Gasteiger partial charge in [0, 0.05) is 4.47 Å². The minimum atomic E-state index is -0.497. The Bertz CT molecular complexity index is 565. The molecule has 2 rings (SSSR count). The highest BCUT2D eigenvalue weighted by Crippen LogP contribution is 2.32. The second-order valence-electron chi connectivity index (χ2n) is 3.05. The highest BCUT2D eigenvalue weighted by Gasteiger charge is 2.11. The predicted molar refractivity (Wildman–Crippen MR) is 68.3 cm³/mol. The highest BCUT2D eigenvalue weighted by molar-refractivity contribution is 9.11. The van der Waals surface area contributed by atoms with Crippen LogP contribution < -0.4 is 10.5 Å². The summed E-state index contributed by atoms with van der Waals surface area (Å²) in [5, 5.41) is 0. The Kier molecular flexibility index (Phi) is 3.58. The SMILES string of the molecule is Nc1ncnc(Oc2ccc(Br)cc2F)c1Br. The Morgan fingerprint density at radius 2 is 2.00 bits per heavy atom.